The molecule has 0 N–H and O–H groups in total. The Kier molecular flexibility index (Phi) is 11.3. The number of aromatic nitrogens is 6. The van der Waals surface area contributed by atoms with Crippen LogP contribution in [0.25, 0.3) is 44.3 Å². The largest absolute Gasteiger partial charge is 0.378 e. The normalized spacial score (nSPS) is 16.0. The summed E-state index contributed by atoms with van der Waals surface area (Å²) in [5.74, 6) is -0.590. The first-order chi connectivity index (χ1) is 32.1. The molecule has 0 atom stereocenters. The second-order valence-electron chi connectivity index (χ2n) is 19.1. The Morgan fingerprint density at radius 2 is 1.07 bits per heavy atom. The summed E-state index contributed by atoms with van der Waals surface area (Å²) in [5.41, 5.74) is 15.9. The number of rotatable bonds is 5. The highest BCUT2D eigenvalue weighted by Crippen LogP contribution is 2.50. The van der Waals surface area contributed by atoms with Crippen LogP contribution in [0.5, 0.6) is 0 Å². The number of hydrogen-bond donors (Lipinski definition) is 0. The van der Waals surface area contributed by atoms with Gasteiger partial charge in [-0.3, -0.25) is 19.9 Å². The van der Waals surface area contributed by atoms with E-state index < -0.39 is 0 Å². The van der Waals surface area contributed by atoms with Gasteiger partial charge in [-0.05, 0) is 115 Å². The molecule has 3 aliphatic heterocycles. The van der Waals surface area contributed by atoms with Crippen molar-refractivity contribution in [2.75, 3.05) is 54.1 Å². The number of benzene rings is 2. The maximum Gasteiger partial charge on any atom is 0.125 e. The van der Waals surface area contributed by atoms with Gasteiger partial charge in [0.1, 0.15) is 11.6 Å². The van der Waals surface area contributed by atoms with Crippen molar-refractivity contribution in [3.63, 3.8) is 0 Å². The molecule has 8 aromatic rings. The minimum absolute atomic E-state index is 0.123. The molecule has 1 fully saturated rings. The molecule has 0 bridgehead atoms. The standard InChI is InChI=1S/C29H30FN5O.C25H22BrFN4/c1-18-26(22-6-5-9-31-19(22)2)33-24-14-20(30)7-8-23(24)27(18)35-17-29(3,4)28-25(35)15-21(16-32-28)34-10-12-36-13-11-34;1-14-22(18-6-5-9-28-15(18)2)30-20-11-17(27)7-8-19(20)23(14)31-13-25(3,4)24-21(31)10-16(26)12-29-24/h5-9,14-16H,10-13,17H2,1-4H3;5-12H,13H2,1-4H3. The Hall–Kier alpha value is -6.44. The molecule has 0 amide bonds. The van der Waals surface area contributed by atoms with Crippen molar-refractivity contribution in [2.45, 2.75) is 66.2 Å². The van der Waals surface area contributed by atoms with E-state index in [4.69, 9.17) is 24.7 Å². The Balaban J connectivity index is 0.000000159. The summed E-state index contributed by atoms with van der Waals surface area (Å²) in [6.07, 6.45) is 7.40. The fourth-order valence-electron chi connectivity index (χ4n) is 10.2. The lowest BCUT2D eigenvalue weighted by molar-refractivity contribution is 0.122. The zero-order valence-corrected chi connectivity index (χ0v) is 40.6. The Bertz CT molecular complexity index is 3260. The second-order valence-corrected chi connectivity index (χ2v) is 20.0. The molecular formula is C54H52BrF2N9O. The van der Waals surface area contributed by atoms with E-state index >= 15 is 0 Å². The van der Waals surface area contributed by atoms with Crippen LogP contribution in [-0.4, -0.2) is 69.3 Å². The third-order valence-corrected chi connectivity index (χ3v) is 13.8. The number of pyridine rings is 6. The highest BCUT2D eigenvalue weighted by atomic mass is 79.9. The molecule has 0 radical (unpaired) electrons. The minimum Gasteiger partial charge on any atom is -0.378 e. The molecule has 6 aromatic heterocycles. The monoisotopic (exact) mass is 959 g/mol. The van der Waals surface area contributed by atoms with Gasteiger partial charge in [-0.2, -0.15) is 0 Å². The van der Waals surface area contributed by atoms with Crippen LogP contribution in [0.1, 0.15) is 61.6 Å². The topological polar surface area (TPSA) is 96.3 Å². The van der Waals surface area contributed by atoms with Crippen LogP contribution in [0, 0.1) is 39.3 Å². The number of fused-ring (bicyclic) bond motifs is 4. The number of hydrogen-bond acceptors (Lipinski definition) is 10. The van der Waals surface area contributed by atoms with Gasteiger partial charge in [-0.1, -0.05) is 27.7 Å². The minimum atomic E-state index is -0.296. The third kappa shape index (κ3) is 7.95. The van der Waals surface area contributed by atoms with Crippen molar-refractivity contribution in [1.29, 1.82) is 0 Å². The first-order valence-corrected chi connectivity index (χ1v) is 23.5. The molecule has 67 heavy (non-hydrogen) atoms. The highest BCUT2D eigenvalue weighted by molar-refractivity contribution is 9.10. The molecular weight excluding hydrogens is 909 g/mol. The van der Waals surface area contributed by atoms with Crippen molar-refractivity contribution in [3.8, 4) is 22.5 Å². The summed E-state index contributed by atoms with van der Waals surface area (Å²) < 4.78 is 35.1. The van der Waals surface area contributed by atoms with Gasteiger partial charge in [0.25, 0.3) is 0 Å². The molecule has 11 rings (SSSR count). The lowest BCUT2D eigenvalue weighted by atomic mass is 9.91. The van der Waals surface area contributed by atoms with Gasteiger partial charge in [0.2, 0.25) is 0 Å². The van der Waals surface area contributed by atoms with Gasteiger partial charge < -0.3 is 19.4 Å². The van der Waals surface area contributed by atoms with Crippen molar-refractivity contribution < 1.29 is 13.5 Å². The van der Waals surface area contributed by atoms with Crippen molar-refractivity contribution in [1.82, 2.24) is 29.9 Å². The van der Waals surface area contributed by atoms with Crippen LogP contribution >= 0.6 is 15.9 Å². The van der Waals surface area contributed by atoms with E-state index in [1.54, 1.807) is 12.4 Å². The fourth-order valence-corrected chi connectivity index (χ4v) is 10.5. The van der Waals surface area contributed by atoms with Gasteiger partial charge >= 0.3 is 0 Å². The summed E-state index contributed by atoms with van der Waals surface area (Å²) in [7, 11) is 0. The summed E-state index contributed by atoms with van der Waals surface area (Å²) in [6.45, 7) is 21.7. The lowest BCUT2D eigenvalue weighted by Gasteiger charge is -2.30. The maximum atomic E-state index is 14.4. The van der Waals surface area contributed by atoms with Crippen LogP contribution in [-0.2, 0) is 15.6 Å². The predicted octanol–water partition coefficient (Wildman–Crippen LogP) is 12.4. The van der Waals surface area contributed by atoms with Crippen LogP contribution in [0.3, 0.4) is 0 Å². The van der Waals surface area contributed by atoms with Crippen molar-refractivity contribution in [3.05, 3.63) is 148 Å². The molecule has 3 aliphatic rings. The summed E-state index contributed by atoms with van der Waals surface area (Å²) in [5, 5.41) is 1.85. The molecule has 340 valence electrons. The predicted molar refractivity (Wildman–Crippen MR) is 268 cm³/mol. The Morgan fingerprint density at radius 3 is 1.57 bits per heavy atom. The molecule has 0 unspecified atom stereocenters. The van der Waals surface area contributed by atoms with E-state index in [9.17, 15) is 8.78 Å². The zero-order chi connectivity index (χ0) is 46.9. The van der Waals surface area contributed by atoms with Gasteiger partial charge in [-0.15, -0.1) is 0 Å². The Morgan fingerprint density at radius 1 is 0.597 bits per heavy atom. The van der Waals surface area contributed by atoms with E-state index in [0.717, 1.165) is 139 Å². The number of morpholine rings is 1. The highest BCUT2D eigenvalue weighted by Gasteiger charge is 2.41. The second kappa shape index (κ2) is 17.0. The van der Waals surface area contributed by atoms with E-state index in [1.165, 1.54) is 24.3 Å². The van der Waals surface area contributed by atoms with Gasteiger partial charge in [-0.25, -0.2) is 18.7 Å². The fraction of sp³-hybridized carbons (Fsp3) is 0.296. The van der Waals surface area contributed by atoms with Crippen LogP contribution in [0.2, 0.25) is 0 Å². The molecule has 0 spiro atoms. The van der Waals surface area contributed by atoms with E-state index in [2.05, 4.69) is 94.3 Å². The summed E-state index contributed by atoms with van der Waals surface area (Å²) in [6, 6.07) is 22.0. The SMILES string of the molecule is Cc1ncccc1-c1nc2cc(F)ccc2c(N2CC(C)(C)c3ncc(Br)cc32)c1C.Cc1ncccc1-c1nc2cc(F)ccc2c(N2CC(C)(C)c3ncc(N4CCOCC4)cc32)c1C. The number of halogens is 3. The molecule has 13 heteroatoms. The van der Waals surface area contributed by atoms with Crippen LogP contribution in [0.4, 0.5) is 37.2 Å². The maximum absolute atomic E-state index is 14.4. The first kappa shape index (κ1) is 44.4. The summed E-state index contributed by atoms with van der Waals surface area (Å²) in [4.78, 5) is 35.5. The average Bonchev–Trinajstić information content (AvgIpc) is 3.73. The summed E-state index contributed by atoms with van der Waals surface area (Å²) >= 11 is 3.58. The van der Waals surface area contributed by atoms with Crippen molar-refractivity contribution in [2.24, 2.45) is 0 Å². The molecule has 9 heterocycles. The molecule has 0 aliphatic carbocycles. The van der Waals surface area contributed by atoms with Gasteiger partial charge in [0.15, 0.2) is 0 Å². The molecule has 1 saturated heterocycles. The number of anilines is 5. The average molecular weight is 961 g/mol. The van der Waals surface area contributed by atoms with E-state index in [1.807, 2.05) is 62.6 Å². The first-order valence-electron chi connectivity index (χ1n) is 22.7. The number of ether oxygens (including phenoxy) is 1. The molecule has 0 saturated carbocycles. The van der Waals surface area contributed by atoms with Crippen LogP contribution < -0.4 is 14.7 Å². The van der Waals surface area contributed by atoms with Crippen molar-refractivity contribution >= 4 is 66.2 Å². The zero-order valence-electron chi connectivity index (χ0n) is 39.0. The van der Waals surface area contributed by atoms with E-state index in [-0.39, 0.29) is 22.5 Å². The number of aryl methyl sites for hydroxylation is 2. The third-order valence-electron chi connectivity index (χ3n) is 13.4. The number of nitrogens with zero attached hydrogens (tertiary/aromatic N) is 9. The van der Waals surface area contributed by atoms with E-state index in [0.29, 0.717) is 11.0 Å². The quantitative estimate of drug-likeness (QED) is 0.166. The smallest absolute Gasteiger partial charge is 0.125 e. The van der Waals surface area contributed by atoms with Gasteiger partial charge in [0.05, 0.1) is 81.7 Å². The Labute approximate surface area is 398 Å². The molecule has 10 nitrogen and oxygen atoms in total. The lowest BCUT2D eigenvalue weighted by Crippen LogP contribution is -2.36. The van der Waals surface area contributed by atoms with Crippen LogP contribution in [0.15, 0.2) is 102 Å². The van der Waals surface area contributed by atoms with Gasteiger partial charge in [0, 0.05) is 105 Å². The molecule has 2 aromatic carbocycles.